The number of carbonyl (C=O) groups excluding carboxylic acids is 1. The van der Waals surface area contributed by atoms with Crippen LogP contribution in [0.25, 0.3) is 0 Å². The van der Waals surface area contributed by atoms with Crippen molar-refractivity contribution in [3.63, 3.8) is 0 Å². The highest BCUT2D eigenvalue weighted by molar-refractivity contribution is 5.92. The van der Waals surface area contributed by atoms with Crippen LogP contribution in [0, 0.1) is 5.92 Å². The maximum absolute atomic E-state index is 11.7. The first-order valence-corrected chi connectivity index (χ1v) is 8.21. The number of aromatic nitrogens is 1. The monoisotopic (exact) mass is 409 g/mol. The number of rotatable bonds is 9. The Morgan fingerprint density at radius 2 is 1.89 bits per heavy atom. The highest BCUT2D eigenvalue weighted by Crippen LogP contribution is 2.14. The molecule has 3 N–H and O–H groups in total. The number of nitrogens with zero attached hydrogens (tertiary/aromatic N) is 1. The van der Waals surface area contributed by atoms with Crippen molar-refractivity contribution in [2.45, 2.75) is 6.18 Å². The Hall–Kier alpha value is -2.44. The lowest BCUT2D eigenvalue weighted by molar-refractivity contribution is -0.192. The van der Waals surface area contributed by atoms with Gasteiger partial charge in [-0.1, -0.05) is 0 Å². The van der Waals surface area contributed by atoms with Crippen LogP contribution >= 0.6 is 0 Å². The van der Waals surface area contributed by atoms with Gasteiger partial charge in [-0.15, -0.1) is 0 Å². The molecule has 9 nitrogen and oxygen atoms in total. The highest BCUT2D eigenvalue weighted by Gasteiger charge is 2.38. The minimum Gasteiger partial charge on any atom is -0.490 e. The molecule has 1 saturated heterocycles. The molecule has 2 heterocycles. The number of carboxylic acid groups (broad SMARTS) is 1. The topological polar surface area (TPSA) is 119 Å². The minimum absolute atomic E-state index is 0.00135. The van der Waals surface area contributed by atoms with Gasteiger partial charge in [0.05, 0.1) is 31.9 Å². The van der Waals surface area contributed by atoms with Crippen molar-refractivity contribution >= 4 is 17.7 Å². The van der Waals surface area contributed by atoms with Crippen molar-refractivity contribution < 1.29 is 42.1 Å². The first kappa shape index (κ1) is 23.6. The van der Waals surface area contributed by atoms with Crippen molar-refractivity contribution in [2.24, 2.45) is 5.92 Å². The van der Waals surface area contributed by atoms with Gasteiger partial charge in [-0.25, -0.2) is 9.78 Å². The lowest BCUT2D eigenvalue weighted by atomic mass is 10.0. The number of carboxylic acids is 1. The molecule has 0 saturated carbocycles. The zero-order valence-electron chi connectivity index (χ0n) is 15.1. The second kappa shape index (κ2) is 12.1. The minimum atomic E-state index is -5.08. The normalized spacial score (nSPS) is 13.7. The number of anilines is 1. The van der Waals surface area contributed by atoms with Crippen LogP contribution < -0.4 is 15.4 Å². The van der Waals surface area contributed by atoms with E-state index in [0.717, 1.165) is 13.1 Å². The van der Waals surface area contributed by atoms with Crippen LogP contribution in [0.3, 0.4) is 0 Å². The molecular formula is C16H22F3N3O6. The molecule has 0 aromatic carbocycles. The van der Waals surface area contributed by atoms with E-state index in [-0.39, 0.29) is 11.8 Å². The number of ether oxygens (including phenoxy) is 3. The Bertz CT molecular complexity index is 609. The fourth-order valence-corrected chi connectivity index (χ4v) is 1.70. The Kier molecular flexibility index (Phi) is 10.2. The fraction of sp³-hybridized carbons (Fsp3) is 0.562. The molecule has 0 unspecified atom stereocenters. The standard InChI is InChI=1S/C14H21N3O4.C2HF3O2/c1-19-4-5-20-6-7-21-12-2-3-13(16-10-12)17-14(18)11-8-15-9-11;3-2(4,5)1(6)7/h2-3,10-11,15H,4-9H2,1H3,(H,16,17,18);(H,6,7). The molecule has 0 bridgehead atoms. The first-order valence-electron chi connectivity index (χ1n) is 8.21. The third-order valence-electron chi connectivity index (χ3n) is 3.31. The summed E-state index contributed by atoms with van der Waals surface area (Å²) in [5.74, 6) is -1.52. The molecule has 1 aromatic rings. The van der Waals surface area contributed by atoms with E-state index in [1.165, 1.54) is 0 Å². The molecule has 158 valence electrons. The molecular weight excluding hydrogens is 387 g/mol. The van der Waals surface area contributed by atoms with Crippen LogP contribution in [0.1, 0.15) is 0 Å². The predicted molar refractivity (Wildman–Crippen MR) is 91.1 cm³/mol. The maximum Gasteiger partial charge on any atom is 0.490 e. The van der Waals surface area contributed by atoms with E-state index < -0.39 is 12.1 Å². The van der Waals surface area contributed by atoms with E-state index in [1.807, 2.05) is 0 Å². The molecule has 1 amide bonds. The van der Waals surface area contributed by atoms with Crippen LogP contribution in [-0.2, 0) is 19.1 Å². The number of hydrogen-bond acceptors (Lipinski definition) is 7. The molecule has 0 radical (unpaired) electrons. The fourth-order valence-electron chi connectivity index (χ4n) is 1.70. The average Bonchev–Trinajstić information content (AvgIpc) is 2.57. The molecule has 0 atom stereocenters. The summed E-state index contributed by atoms with van der Waals surface area (Å²) in [7, 11) is 1.63. The zero-order chi connectivity index (χ0) is 21.0. The molecule has 0 spiro atoms. The van der Waals surface area contributed by atoms with Crippen molar-refractivity contribution in [3.05, 3.63) is 18.3 Å². The number of carbonyl (C=O) groups is 2. The van der Waals surface area contributed by atoms with E-state index in [0.29, 0.717) is 38.0 Å². The van der Waals surface area contributed by atoms with E-state index in [2.05, 4.69) is 15.6 Å². The average molecular weight is 409 g/mol. The smallest absolute Gasteiger partial charge is 0.490 e. The quantitative estimate of drug-likeness (QED) is 0.515. The molecule has 12 heteroatoms. The van der Waals surface area contributed by atoms with Gasteiger partial charge in [-0.3, -0.25) is 4.79 Å². The molecule has 0 aliphatic carbocycles. The number of aliphatic carboxylic acids is 1. The summed E-state index contributed by atoms with van der Waals surface area (Å²) >= 11 is 0. The first-order chi connectivity index (χ1) is 13.2. The summed E-state index contributed by atoms with van der Waals surface area (Å²) in [6.07, 6.45) is -3.50. The number of halogens is 3. The number of pyridine rings is 1. The summed E-state index contributed by atoms with van der Waals surface area (Å²) in [4.78, 5) is 24.8. The number of methoxy groups -OCH3 is 1. The van der Waals surface area contributed by atoms with Gasteiger partial charge in [0.25, 0.3) is 0 Å². The van der Waals surface area contributed by atoms with E-state index in [1.54, 1.807) is 25.4 Å². The summed E-state index contributed by atoms with van der Waals surface area (Å²) < 4.78 is 47.4. The van der Waals surface area contributed by atoms with Gasteiger partial charge in [0.1, 0.15) is 18.2 Å². The number of alkyl halides is 3. The van der Waals surface area contributed by atoms with Crippen molar-refractivity contribution in [1.29, 1.82) is 0 Å². The highest BCUT2D eigenvalue weighted by atomic mass is 19.4. The third kappa shape index (κ3) is 9.48. The van der Waals surface area contributed by atoms with Crippen molar-refractivity contribution in [1.82, 2.24) is 10.3 Å². The van der Waals surface area contributed by atoms with Gasteiger partial charge in [0.2, 0.25) is 5.91 Å². The molecule has 28 heavy (non-hydrogen) atoms. The molecule has 2 rings (SSSR count). The lowest BCUT2D eigenvalue weighted by Crippen LogP contribution is -2.48. The number of nitrogens with one attached hydrogen (secondary N) is 2. The van der Waals surface area contributed by atoms with Gasteiger partial charge in [0, 0.05) is 20.2 Å². The third-order valence-corrected chi connectivity index (χ3v) is 3.31. The Labute approximate surface area is 159 Å². The van der Waals surface area contributed by atoms with Crippen molar-refractivity contribution in [2.75, 3.05) is 51.9 Å². The Morgan fingerprint density at radius 3 is 2.36 bits per heavy atom. The van der Waals surface area contributed by atoms with Crippen LogP contribution in [0.2, 0.25) is 0 Å². The van der Waals surface area contributed by atoms with E-state index in [9.17, 15) is 18.0 Å². The molecule has 1 aliphatic heterocycles. The second-order valence-electron chi connectivity index (χ2n) is 5.48. The van der Waals surface area contributed by atoms with Gasteiger partial charge in [0.15, 0.2) is 0 Å². The van der Waals surface area contributed by atoms with Gasteiger partial charge in [-0.2, -0.15) is 13.2 Å². The van der Waals surface area contributed by atoms with Crippen LogP contribution in [0.5, 0.6) is 5.75 Å². The maximum atomic E-state index is 11.7. The van der Waals surface area contributed by atoms with Gasteiger partial charge >= 0.3 is 12.1 Å². The van der Waals surface area contributed by atoms with E-state index in [4.69, 9.17) is 24.1 Å². The number of hydrogen-bond donors (Lipinski definition) is 3. The Morgan fingerprint density at radius 1 is 1.25 bits per heavy atom. The summed E-state index contributed by atoms with van der Waals surface area (Å²) in [5, 5.41) is 13.0. The largest absolute Gasteiger partial charge is 0.490 e. The number of amides is 1. The molecule has 1 aromatic heterocycles. The van der Waals surface area contributed by atoms with Crippen LogP contribution in [-0.4, -0.2) is 74.8 Å². The van der Waals surface area contributed by atoms with E-state index >= 15 is 0 Å². The summed E-state index contributed by atoms with van der Waals surface area (Å²) in [6, 6.07) is 3.50. The zero-order valence-corrected chi connectivity index (χ0v) is 15.1. The lowest BCUT2D eigenvalue weighted by Gasteiger charge is -2.25. The SMILES string of the molecule is COCCOCCOc1ccc(NC(=O)C2CNC2)nc1.O=C(O)C(F)(F)F. The molecule has 1 aliphatic rings. The van der Waals surface area contributed by atoms with Gasteiger partial charge in [-0.05, 0) is 12.1 Å². The predicted octanol–water partition coefficient (Wildman–Crippen LogP) is 0.915. The van der Waals surface area contributed by atoms with Crippen molar-refractivity contribution in [3.8, 4) is 5.75 Å². The summed E-state index contributed by atoms with van der Waals surface area (Å²) in [6.45, 7) is 3.54. The van der Waals surface area contributed by atoms with Gasteiger partial charge < -0.3 is 30.0 Å². The summed E-state index contributed by atoms with van der Waals surface area (Å²) in [5.41, 5.74) is 0. The Balaban J connectivity index is 0.000000480. The molecule has 1 fully saturated rings. The second-order valence-corrected chi connectivity index (χ2v) is 5.48. The van der Waals surface area contributed by atoms with Crippen LogP contribution in [0.15, 0.2) is 18.3 Å². The van der Waals surface area contributed by atoms with Crippen LogP contribution in [0.4, 0.5) is 19.0 Å².